The lowest BCUT2D eigenvalue weighted by Crippen LogP contribution is -2.41. The van der Waals surface area contributed by atoms with Gasteiger partial charge >= 0.3 is 13.2 Å². The molecule has 0 aromatic carbocycles. The number of rotatable bonds is 2. The maximum atomic E-state index is 11.7. The van der Waals surface area contributed by atoms with Crippen molar-refractivity contribution in [2.75, 3.05) is 0 Å². The molecular weight excluding hydrogens is 257 g/mol. The van der Waals surface area contributed by atoms with Gasteiger partial charge in [0.25, 0.3) is 0 Å². The Kier molecular flexibility index (Phi) is 3.62. The molecule has 0 radical (unpaired) electrons. The first-order valence-electron chi connectivity index (χ1n) is 7.26. The number of alkyl carbamates (subject to hydrolysis) is 1. The van der Waals surface area contributed by atoms with Crippen molar-refractivity contribution in [1.29, 1.82) is 0 Å². The Labute approximate surface area is 121 Å². The van der Waals surface area contributed by atoms with E-state index in [0.717, 1.165) is 6.42 Å². The molecule has 1 saturated heterocycles. The van der Waals surface area contributed by atoms with Crippen molar-refractivity contribution in [1.82, 2.24) is 5.32 Å². The average molecular weight is 283 g/mol. The Morgan fingerprint density at radius 1 is 1.20 bits per heavy atom. The Morgan fingerprint density at radius 3 is 2.15 bits per heavy atom. The normalized spacial score (nSPS) is 31.1. The van der Waals surface area contributed by atoms with Crippen LogP contribution in [0.1, 0.15) is 54.9 Å². The van der Waals surface area contributed by atoms with Gasteiger partial charge in [-0.05, 0) is 54.9 Å². The molecule has 0 aromatic rings. The molecule has 0 spiro atoms. The van der Waals surface area contributed by atoms with Crippen molar-refractivity contribution >= 4 is 13.2 Å². The summed E-state index contributed by atoms with van der Waals surface area (Å²) in [5.41, 5.74) is -1.12. The molecule has 1 aliphatic heterocycles. The minimum Gasteiger partial charge on any atom is -0.444 e. The molecule has 1 N–H and O–H groups in total. The smallest absolute Gasteiger partial charge is 0.444 e. The Balaban J connectivity index is 1.83. The summed E-state index contributed by atoms with van der Waals surface area (Å²) in [6, 6.07) is 0.0829. The van der Waals surface area contributed by atoms with E-state index < -0.39 is 5.60 Å². The van der Waals surface area contributed by atoms with Gasteiger partial charge in [0.1, 0.15) is 5.60 Å². The van der Waals surface area contributed by atoms with E-state index in [9.17, 15) is 4.79 Å². The topological polar surface area (TPSA) is 56.8 Å². The Hall–Kier alpha value is -0.745. The van der Waals surface area contributed by atoms with Crippen LogP contribution in [0.2, 0.25) is 5.82 Å². The second-order valence-electron chi connectivity index (χ2n) is 7.78. The van der Waals surface area contributed by atoms with Crippen molar-refractivity contribution in [3.8, 4) is 0 Å². The van der Waals surface area contributed by atoms with Gasteiger partial charge in [0.15, 0.2) is 0 Å². The van der Waals surface area contributed by atoms with Gasteiger partial charge in [-0.15, -0.1) is 0 Å². The second kappa shape index (κ2) is 4.63. The highest BCUT2D eigenvalue weighted by atomic mass is 16.7. The lowest BCUT2D eigenvalue weighted by molar-refractivity contribution is 0.00578. The molecule has 2 aliphatic rings. The zero-order valence-corrected chi connectivity index (χ0v) is 13.6. The number of amides is 1. The molecule has 0 aromatic heterocycles. The highest BCUT2D eigenvalue weighted by Crippen LogP contribution is 2.48. The molecule has 1 aliphatic carbocycles. The summed E-state index contributed by atoms with van der Waals surface area (Å²) in [5, 5.41) is 2.87. The number of nitrogens with one attached hydrogen (secondary N) is 1. The van der Waals surface area contributed by atoms with Crippen molar-refractivity contribution in [2.45, 2.75) is 83.5 Å². The lowest BCUT2D eigenvalue weighted by atomic mass is 9.82. The molecule has 114 valence electrons. The highest BCUT2D eigenvalue weighted by Gasteiger charge is 2.60. The molecule has 1 saturated carbocycles. The first-order chi connectivity index (χ1) is 8.91. The van der Waals surface area contributed by atoms with Crippen LogP contribution in [-0.2, 0) is 14.0 Å². The fourth-order valence-electron chi connectivity index (χ4n) is 2.20. The van der Waals surface area contributed by atoms with E-state index in [1.165, 1.54) is 0 Å². The molecule has 1 heterocycles. The molecule has 1 amide bonds. The second-order valence-corrected chi connectivity index (χ2v) is 7.78. The third-order valence-corrected chi connectivity index (χ3v) is 4.16. The fraction of sp³-hybridized carbons (Fsp3) is 0.929. The van der Waals surface area contributed by atoms with Crippen molar-refractivity contribution < 1.29 is 18.8 Å². The summed E-state index contributed by atoms with van der Waals surface area (Å²) in [6.07, 6.45) is 0.498. The zero-order valence-electron chi connectivity index (χ0n) is 13.6. The molecule has 5 nitrogen and oxygen atoms in total. The van der Waals surface area contributed by atoms with E-state index in [2.05, 4.69) is 5.32 Å². The standard InChI is InChI=1S/C14H26BNO4/c1-12(2,3)18-11(17)16-10-8-9(10)15-19-13(4,5)14(6,7)20-15/h9-10H,8H2,1-7H3,(H,16,17)/t9-,10+/m0/s1. The lowest BCUT2D eigenvalue weighted by Gasteiger charge is -2.32. The first kappa shape index (κ1) is 15.6. The van der Waals surface area contributed by atoms with E-state index in [4.69, 9.17) is 14.0 Å². The molecule has 2 atom stereocenters. The number of ether oxygens (including phenoxy) is 1. The van der Waals surface area contributed by atoms with Crippen LogP contribution in [-0.4, -0.2) is 36.1 Å². The minimum absolute atomic E-state index is 0.0829. The van der Waals surface area contributed by atoms with E-state index in [1.807, 2.05) is 48.5 Å². The number of hydrogen-bond acceptors (Lipinski definition) is 4. The summed E-state index contributed by atoms with van der Waals surface area (Å²) in [7, 11) is -0.250. The molecule has 2 fully saturated rings. The maximum absolute atomic E-state index is 11.7. The summed E-state index contributed by atoms with van der Waals surface area (Å²) in [6.45, 7) is 13.7. The van der Waals surface area contributed by atoms with Crippen LogP contribution in [0, 0.1) is 0 Å². The van der Waals surface area contributed by atoms with Crippen LogP contribution in [0.5, 0.6) is 0 Å². The van der Waals surface area contributed by atoms with Gasteiger partial charge in [0, 0.05) is 11.9 Å². The van der Waals surface area contributed by atoms with Crippen LogP contribution in [0.3, 0.4) is 0 Å². The van der Waals surface area contributed by atoms with Crippen molar-refractivity contribution in [2.24, 2.45) is 0 Å². The van der Waals surface area contributed by atoms with Crippen LogP contribution >= 0.6 is 0 Å². The summed E-state index contributed by atoms with van der Waals surface area (Å²) < 4.78 is 17.2. The van der Waals surface area contributed by atoms with E-state index in [1.54, 1.807) is 0 Å². The zero-order chi connectivity index (χ0) is 15.3. The van der Waals surface area contributed by atoms with Gasteiger partial charge < -0.3 is 19.4 Å². The third-order valence-electron chi connectivity index (χ3n) is 4.16. The van der Waals surface area contributed by atoms with Gasteiger partial charge in [-0.3, -0.25) is 0 Å². The van der Waals surface area contributed by atoms with Gasteiger partial charge in [0.2, 0.25) is 0 Å². The largest absolute Gasteiger partial charge is 0.463 e. The van der Waals surface area contributed by atoms with Crippen LogP contribution in [0.25, 0.3) is 0 Å². The number of carbonyl (C=O) groups is 1. The molecule has 2 rings (SSSR count). The summed E-state index contributed by atoms with van der Waals surface area (Å²) in [5.74, 6) is 0.212. The minimum atomic E-state index is -0.473. The quantitative estimate of drug-likeness (QED) is 0.792. The van der Waals surface area contributed by atoms with E-state index in [0.29, 0.717) is 0 Å². The van der Waals surface area contributed by atoms with Crippen molar-refractivity contribution in [3.05, 3.63) is 0 Å². The Bertz CT molecular complexity index is 386. The third kappa shape index (κ3) is 3.28. The maximum Gasteiger partial charge on any atom is 0.463 e. The highest BCUT2D eigenvalue weighted by molar-refractivity contribution is 6.49. The molecule has 0 bridgehead atoms. The van der Waals surface area contributed by atoms with Crippen LogP contribution in [0.4, 0.5) is 4.79 Å². The van der Waals surface area contributed by atoms with Gasteiger partial charge in [-0.2, -0.15) is 0 Å². The predicted molar refractivity (Wildman–Crippen MR) is 77.6 cm³/mol. The van der Waals surface area contributed by atoms with E-state index in [-0.39, 0.29) is 36.3 Å². The first-order valence-corrected chi connectivity index (χ1v) is 7.26. The fourth-order valence-corrected chi connectivity index (χ4v) is 2.20. The summed E-state index contributed by atoms with van der Waals surface area (Å²) >= 11 is 0. The Morgan fingerprint density at radius 2 is 1.70 bits per heavy atom. The van der Waals surface area contributed by atoms with Crippen LogP contribution in [0.15, 0.2) is 0 Å². The van der Waals surface area contributed by atoms with Gasteiger partial charge in [-0.1, -0.05) is 0 Å². The predicted octanol–water partition coefficient (Wildman–Crippen LogP) is 2.75. The molecular formula is C14H26BNO4. The van der Waals surface area contributed by atoms with Crippen LogP contribution < -0.4 is 5.32 Å². The number of carbonyl (C=O) groups excluding carboxylic acids is 1. The molecule has 6 heteroatoms. The monoisotopic (exact) mass is 283 g/mol. The number of hydrogen-bond donors (Lipinski definition) is 1. The van der Waals surface area contributed by atoms with E-state index >= 15 is 0 Å². The van der Waals surface area contributed by atoms with Crippen molar-refractivity contribution in [3.63, 3.8) is 0 Å². The summed E-state index contributed by atoms with van der Waals surface area (Å²) in [4.78, 5) is 11.7. The molecule has 0 unspecified atom stereocenters. The SMILES string of the molecule is CC(C)(C)OC(=O)N[C@@H]1C[C@@H]1B1OC(C)(C)C(C)(C)O1. The van der Waals surface area contributed by atoms with Gasteiger partial charge in [-0.25, -0.2) is 4.79 Å². The average Bonchev–Trinajstić information content (AvgIpc) is 2.86. The molecule has 20 heavy (non-hydrogen) atoms. The van der Waals surface area contributed by atoms with Gasteiger partial charge in [0.05, 0.1) is 11.2 Å².